The zero-order valence-electron chi connectivity index (χ0n) is 19.7. The van der Waals surface area contributed by atoms with E-state index in [1.807, 2.05) is 29.0 Å². The molecule has 182 valence electrons. The summed E-state index contributed by atoms with van der Waals surface area (Å²) in [5.74, 6) is 0.660. The van der Waals surface area contributed by atoms with Crippen LogP contribution in [0.1, 0.15) is 46.9 Å². The lowest BCUT2D eigenvalue weighted by atomic mass is 9.98. The van der Waals surface area contributed by atoms with Crippen LogP contribution in [0.5, 0.6) is 5.75 Å². The standard InChI is InChI=1S/C25H27ClN6O3/c1-15-12-32-23(28-24(15)30-13-16(11-27)21(33)14-30)10-19(29-32)20-5-3-4-8-31(20)25(34)18-9-17(26)6-7-22(18)35-2/h6-7,9-10,12,16,20-21,33H,3-5,8,13-14H2,1-2H3/t16-,20+,21+/m1/s1. The Morgan fingerprint density at radius 2 is 2.11 bits per heavy atom. The number of halogens is 1. The van der Waals surface area contributed by atoms with Gasteiger partial charge >= 0.3 is 0 Å². The number of hydrogen-bond acceptors (Lipinski definition) is 7. The van der Waals surface area contributed by atoms with E-state index in [0.717, 1.165) is 36.3 Å². The van der Waals surface area contributed by atoms with Crippen molar-refractivity contribution in [3.63, 3.8) is 0 Å². The summed E-state index contributed by atoms with van der Waals surface area (Å²) >= 11 is 6.19. The SMILES string of the molecule is COc1ccc(Cl)cc1C(=O)N1CCCC[C@H]1c1cc2nc(N3C[C@@H](C#N)[C@@H](O)C3)c(C)cn2n1. The second kappa shape index (κ2) is 9.36. The average Bonchev–Trinajstić information content (AvgIpc) is 3.45. The molecule has 9 nitrogen and oxygen atoms in total. The number of ether oxygens (including phenoxy) is 1. The number of benzene rings is 1. The third-order valence-electron chi connectivity index (χ3n) is 6.88. The van der Waals surface area contributed by atoms with Crippen molar-refractivity contribution in [3.8, 4) is 11.8 Å². The van der Waals surface area contributed by atoms with E-state index in [1.54, 1.807) is 29.8 Å². The zero-order chi connectivity index (χ0) is 24.7. The van der Waals surface area contributed by atoms with Gasteiger partial charge in [0.05, 0.1) is 42.5 Å². The number of carbonyl (C=O) groups excluding carboxylic acids is 1. The minimum Gasteiger partial charge on any atom is -0.496 e. The molecule has 10 heteroatoms. The van der Waals surface area contributed by atoms with Crippen LogP contribution in [-0.2, 0) is 0 Å². The number of hydrogen-bond donors (Lipinski definition) is 1. The number of fused-ring (bicyclic) bond motifs is 1. The fourth-order valence-electron chi connectivity index (χ4n) is 5.07. The molecule has 2 saturated heterocycles. The molecule has 0 saturated carbocycles. The van der Waals surface area contributed by atoms with Crippen LogP contribution in [0.3, 0.4) is 0 Å². The second-order valence-corrected chi connectivity index (χ2v) is 9.62. The van der Waals surface area contributed by atoms with Crippen LogP contribution < -0.4 is 9.64 Å². The summed E-state index contributed by atoms with van der Waals surface area (Å²) in [5.41, 5.74) is 2.78. The molecule has 0 unspecified atom stereocenters. The molecule has 1 amide bonds. The normalized spacial score (nSPS) is 22.4. The molecule has 2 aliphatic rings. The highest BCUT2D eigenvalue weighted by Crippen LogP contribution is 2.35. The Balaban J connectivity index is 1.47. The molecule has 3 aromatic rings. The lowest BCUT2D eigenvalue weighted by Gasteiger charge is -2.35. The maximum absolute atomic E-state index is 13.6. The van der Waals surface area contributed by atoms with E-state index >= 15 is 0 Å². The van der Waals surface area contributed by atoms with Gasteiger partial charge in [0.1, 0.15) is 11.6 Å². The van der Waals surface area contributed by atoms with Gasteiger partial charge in [0.25, 0.3) is 5.91 Å². The number of carbonyl (C=O) groups is 1. The van der Waals surface area contributed by atoms with Crippen LogP contribution in [0.25, 0.3) is 5.65 Å². The average molecular weight is 495 g/mol. The number of aryl methyl sites for hydroxylation is 1. The third kappa shape index (κ3) is 4.28. The predicted molar refractivity (Wildman–Crippen MR) is 131 cm³/mol. The van der Waals surface area contributed by atoms with Crippen molar-refractivity contribution in [1.29, 1.82) is 5.26 Å². The molecule has 2 aliphatic heterocycles. The van der Waals surface area contributed by atoms with Crippen molar-refractivity contribution in [2.24, 2.45) is 5.92 Å². The van der Waals surface area contributed by atoms with Crippen molar-refractivity contribution >= 4 is 29.0 Å². The van der Waals surface area contributed by atoms with Crippen LogP contribution in [0, 0.1) is 24.2 Å². The summed E-state index contributed by atoms with van der Waals surface area (Å²) in [6.07, 6.45) is 3.92. The molecule has 0 spiro atoms. The monoisotopic (exact) mass is 494 g/mol. The lowest BCUT2D eigenvalue weighted by molar-refractivity contribution is 0.0602. The van der Waals surface area contributed by atoms with Crippen molar-refractivity contribution in [2.75, 3.05) is 31.6 Å². The van der Waals surface area contributed by atoms with Gasteiger partial charge in [-0.1, -0.05) is 11.6 Å². The largest absolute Gasteiger partial charge is 0.496 e. The number of piperidine rings is 1. The number of likely N-dealkylation sites (tertiary alicyclic amines) is 1. The van der Waals surface area contributed by atoms with Crippen LogP contribution >= 0.6 is 11.6 Å². The number of β-amino-alcohol motifs (C(OH)–C–C–N with tert-alkyl or cyclic N) is 1. The number of aliphatic hydroxyl groups is 1. The highest BCUT2D eigenvalue weighted by atomic mass is 35.5. The van der Waals surface area contributed by atoms with Crippen molar-refractivity contribution < 1.29 is 14.6 Å². The minimum absolute atomic E-state index is 0.135. The predicted octanol–water partition coefficient (Wildman–Crippen LogP) is 3.39. The van der Waals surface area contributed by atoms with Crippen LogP contribution in [0.15, 0.2) is 30.5 Å². The number of aromatic nitrogens is 3. The number of nitriles is 1. The second-order valence-electron chi connectivity index (χ2n) is 9.18. The quantitative estimate of drug-likeness (QED) is 0.592. The van der Waals surface area contributed by atoms with E-state index < -0.39 is 12.0 Å². The van der Waals surface area contributed by atoms with E-state index in [2.05, 4.69) is 6.07 Å². The summed E-state index contributed by atoms with van der Waals surface area (Å²) in [7, 11) is 1.54. The molecule has 2 fully saturated rings. The first-order chi connectivity index (χ1) is 16.9. The summed E-state index contributed by atoms with van der Waals surface area (Å²) in [6, 6.07) is 8.95. The molecule has 2 aromatic heterocycles. The van der Waals surface area contributed by atoms with Gasteiger partial charge in [-0.2, -0.15) is 10.4 Å². The Bertz CT molecular complexity index is 1320. The van der Waals surface area contributed by atoms with Gasteiger partial charge in [-0.25, -0.2) is 9.50 Å². The molecule has 3 atom stereocenters. The molecule has 4 heterocycles. The Labute approximate surface area is 208 Å². The van der Waals surface area contributed by atoms with E-state index in [0.29, 0.717) is 41.6 Å². The Morgan fingerprint density at radius 1 is 1.29 bits per heavy atom. The first kappa shape index (κ1) is 23.4. The van der Waals surface area contributed by atoms with Crippen molar-refractivity contribution in [1.82, 2.24) is 19.5 Å². The number of rotatable bonds is 4. The highest BCUT2D eigenvalue weighted by molar-refractivity contribution is 6.31. The molecule has 0 aliphatic carbocycles. The number of anilines is 1. The van der Waals surface area contributed by atoms with Gasteiger partial charge in [-0.3, -0.25) is 4.79 Å². The van der Waals surface area contributed by atoms with Gasteiger partial charge < -0.3 is 19.6 Å². The van der Waals surface area contributed by atoms with Crippen LogP contribution in [-0.4, -0.2) is 63.4 Å². The Morgan fingerprint density at radius 3 is 2.86 bits per heavy atom. The zero-order valence-corrected chi connectivity index (χ0v) is 20.4. The number of aliphatic hydroxyl groups excluding tert-OH is 1. The van der Waals surface area contributed by atoms with Crippen molar-refractivity contribution in [2.45, 2.75) is 38.3 Å². The molecule has 0 radical (unpaired) electrons. The first-order valence-corrected chi connectivity index (χ1v) is 12.1. The lowest BCUT2D eigenvalue weighted by Crippen LogP contribution is -2.38. The first-order valence-electron chi connectivity index (χ1n) is 11.7. The van der Waals surface area contributed by atoms with Gasteiger partial charge in [0.2, 0.25) is 0 Å². The maximum Gasteiger partial charge on any atom is 0.258 e. The number of methoxy groups -OCH3 is 1. The van der Waals surface area contributed by atoms with Gasteiger partial charge in [0, 0.05) is 42.5 Å². The Hall–Kier alpha value is -3.35. The van der Waals surface area contributed by atoms with E-state index in [-0.39, 0.29) is 11.9 Å². The number of nitrogens with zero attached hydrogens (tertiary/aromatic N) is 6. The number of amides is 1. The smallest absolute Gasteiger partial charge is 0.258 e. The molecular weight excluding hydrogens is 468 g/mol. The molecular formula is C25H27ClN6O3. The van der Waals surface area contributed by atoms with Gasteiger partial charge in [-0.15, -0.1) is 0 Å². The van der Waals surface area contributed by atoms with Crippen LogP contribution in [0.4, 0.5) is 5.82 Å². The summed E-state index contributed by atoms with van der Waals surface area (Å²) < 4.78 is 7.16. The summed E-state index contributed by atoms with van der Waals surface area (Å²) in [6.45, 7) is 3.37. The van der Waals surface area contributed by atoms with Crippen molar-refractivity contribution in [3.05, 3.63) is 52.3 Å². The van der Waals surface area contributed by atoms with Gasteiger partial charge in [0.15, 0.2) is 5.65 Å². The third-order valence-corrected chi connectivity index (χ3v) is 7.11. The van der Waals surface area contributed by atoms with E-state index in [9.17, 15) is 15.2 Å². The molecule has 35 heavy (non-hydrogen) atoms. The van der Waals surface area contributed by atoms with Gasteiger partial charge in [-0.05, 0) is 44.4 Å². The molecule has 0 bridgehead atoms. The fourth-order valence-corrected chi connectivity index (χ4v) is 5.24. The topological polar surface area (TPSA) is 107 Å². The minimum atomic E-state index is -0.691. The maximum atomic E-state index is 13.6. The molecule has 1 N–H and O–H groups in total. The summed E-state index contributed by atoms with van der Waals surface area (Å²) in [4.78, 5) is 22.2. The van der Waals surface area contributed by atoms with E-state index in [4.69, 9.17) is 26.4 Å². The summed E-state index contributed by atoms with van der Waals surface area (Å²) in [5, 5.41) is 24.7. The fraction of sp³-hybridized carbons (Fsp3) is 0.440. The highest BCUT2D eigenvalue weighted by Gasteiger charge is 2.34. The Kier molecular flexibility index (Phi) is 6.26. The van der Waals surface area contributed by atoms with E-state index in [1.165, 1.54) is 0 Å². The molecule has 1 aromatic carbocycles. The molecule has 5 rings (SSSR count). The van der Waals surface area contributed by atoms with Crippen LogP contribution in [0.2, 0.25) is 5.02 Å².